The molecule has 112 valence electrons. The first-order valence-electron chi connectivity index (χ1n) is 6.71. The largest absolute Gasteiger partial charge is 0.351 e. The summed E-state index contributed by atoms with van der Waals surface area (Å²) in [6.45, 7) is 6.03. The topological polar surface area (TPSA) is 65.5 Å². The smallest absolute Gasteiger partial charge is 0.244 e. The molecule has 1 N–H and O–H groups in total. The van der Waals surface area contributed by atoms with Crippen LogP contribution in [0.1, 0.15) is 13.8 Å². The first-order chi connectivity index (χ1) is 9.32. The maximum Gasteiger partial charge on any atom is 0.244 e. The predicted octanol–water partition coefficient (Wildman–Crippen LogP) is 0.518. The molecule has 1 aliphatic heterocycles. The molecular weight excluding hydrogens is 276 g/mol. The van der Waals surface area contributed by atoms with Crippen LogP contribution in [-0.4, -0.2) is 57.0 Å². The number of rotatable bonds is 3. The van der Waals surface area contributed by atoms with Crippen LogP contribution in [0, 0.1) is 0 Å². The highest BCUT2D eigenvalue weighted by molar-refractivity contribution is 7.89. The van der Waals surface area contributed by atoms with Crippen molar-refractivity contribution < 1.29 is 8.42 Å². The van der Waals surface area contributed by atoms with Crippen LogP contribution < -0.4 is 10.2 Å². The lowest BCUT2D eigenvalue weighted by Crippen LogP contribution is -2.54. The maximum atomic E-state index is 12.0. The monoisotopic (exact) mass is 298 g/mol. The third-order valence-corrected chi connectivity index (χ3v) is 5.36. The Bertz CT molecular complexity index is 556. The van der Waals surface area contributed by atoms with Gasteiger partial charge in [0.25, 0.3) is 0 Å². The van der Waals surface area contributed by atoms with Gasteiger partial charge >= 0.3 is 0 Å². The van der Waals surface area contributed by atoms with E-state index in [4.69, 9.17) is 0 Å². The molecule has 0 saturated carbocycles. The zero-order valence-electron chi connectivity index (χ0n) is 12.4. The number of hydrogen-bond donors (Lipinski definition) is 1. The molecule has 0 spiro atoms. The summed E-state index contributed by atoms with van der Waals surface area (Å²) < 4.78 is 25.2. The fraction of sp³-hybridized carbons (Fsp3) is 0.615. The lowest BCUT2D eigenvalue weighted by Gasteiger charge is -2.38. The second-order valence-corrected chi connectivity index (χ2v) is 7.60. The maximum absolute atomic E-state index is 12.0. The van der Waals surface area contributed by atoms with E-state index in [1.807, 2.05) is 0 Å². The van der Waals surface area contributed by atoms with E-state index < -0.39 is 10.0 Å². The average molecular weight is 298 g/mol. The van der Waals surface area contributed by atoms with Crippen molar-refractivity contribution in [2.75, 3.05) is 32.1 Å². The van der Waals surface area contributed by atoms with Crippen LogP contribution in [0.4, 0.5) is 5.82 Å². The Balaban J connectivity index is 2.24. The molecule has 0 aliphatic carbocycles. The van der Waals surface area contributed by atoms with Crippen LogP contribution in [0.5, 0.6) is 0 Å². The molecule has 1 aliphatic rings. The summed E-state index contributed by atoms with van der Waals surface area (Å²) >= 11 is 0. The van der Waals surface area contributed by atoms with E-state index in [1.54, 1.807) is 12.1 Å². The van der Waals surface area contributed by atoms with Gasteiger partial charge in [0.15, 0.2) is 0 Å². The van der Waals surface area contributed by atoms with Crippen molar-refractivity contribution in [1.29, 1.82) is 0 Å². The Kier molecular flexibility index (Phi) is 4.31. The highest BCUT2D eigenvalue weighted by Gasteiger charge is 2.24. The molecule has 2 unspecified atom stereocenters. The lowest BCUT2D eigenvalue weighted by molar-refractivity contribution is 0.422. The van der Waals surface area contributed by atoms with Crippen LogP contribution in [0.3, 0.4) is 0 Å². The van der Waals surface area contributed by atoms with E-state index in [2.05, 4.69) is 29.0 Å². The van der Waals surface area contributed by atoms with Gasteiger partial charge in [0.05, 0.1) is 0 Å². The highest BCUT2D eigenvalue weighted by Crippen LogP contribution is 2.20. The summed E-state index contributed by atoms with van der Waals surface area (Å²) in [4.78, 5) is 6.75. The first-order valence-corrected chi connectivity index (χ1v) is 8.15. The summed E-state index contributed by atoms with van der Waals surface area (Å²) in [7, 11) is -0.374. The van der Waals surface area contributed by atoms with Gasteiger partial charge in [0.2, 0.25) is 10.0 Å². The molecule has 0 amide bonds. The molecule has 2 heterocycles. The van der Waals surface area contributed by atoms with E-state index in [9.17, 15) is 8.42 Å². The molecule has 6 nitrogen and oxygen atoms in total. The third kappa shape index (κ3) is 2.94. The molecule has 1 saturated heterocycles. The molecule has 20 heavy (non-hydrogen) atoms. The summed E-state index contributed by atoms with van der Waals surface area (Å²) in [6, 6.07) is 4.15. The molecule has 1 fully saturated rings. The van der Waals surface area contributed by atoms with E-state index in [-0.39, 0.29) is 4.90 Å². The molecule has 0 radical (unpaired) electrons. The second-order valence-electron chi connectivity index (χ2n) is 5.45. The van der Waals surface area contributed by atoms with E-state index >= 15 is 0 Å². The van der Waals surface area contributed by atoms with Gasteiger partial charge in [-0.3, -0.25) is 0 Å². The standard InChI is InChI=1S/C13H22N4O2S/c1-10-9-17(11(2)7-14-10)13-6-5-12(8-15-13)20(18,19)16(3)4/h5-6,8,10-11,14H,7,9H2,1-4H3. The van der Waals surface area contributed by atoms with Crippen molar-refractivity contribution in [3.05, 3.63) is 18.3 Å². The lowest BCUT2D eigenvalue weighted by atomic mass is 10.1. The van der Waals surface area contributed by atoms with Crippen molar-refractivity contribution in [2.45, 2.75) is 30.8 Å². The highest BCUT2D eigenvalue weighted by atomic mass is 32.2. The molecule has 2 rings (SSSR count). The van der Waals surface area contributed by atoms with E-state index in [0.717, 1.165) is 18.9 Å². The molecular formula is C13H22N4O2S. The van der Waals surface area contributed by atoms with E-state index in [1.165, 1.54) is 24.6 Å². The molecule has 1 aromatic heterocycles. The normalized spacial score (nSPS) is 24.1. The Labute approximate surface area is 120 Å². The van der Waals surface area contributed by atoms with Crippen LogP contribution >= 0.6 is 0 Å². The fourth-order valence-electron chi connectivity index (χ4n) is 2.25. The van der Waals surface area contributed by atoms with Crippen LogP contribution in [0.15, 0.2) is 23.2 Å². The SMILES string of the molecule is CC1CN(c2ccc(S(=O)(=O)N(C)C)cn2)C(C)CN1. The predicted molar refractivity (Wildman–Crippen MR) is 79.4 cm³/mol. The number of piperazine rings is 1. The number of nitrogens with zero attached hydrogens (tertiary/aromatic N) is 3. The van der Waals surface area contributed by atoms with Crippen molar-refractivity contribution in [3.63, 3.8) is 0 Å². The summed E-state index contributed by atoms with van der Waals surface area (Å²) in [5.41, 5.74) is 0. The molecule has 2 atom stereocenters. The van der Waals surface area contributed by atoms with Gasteiger partial charge in [0.1, 0.15) is 10.7 Å². The van der Waals surface area contributed by atoms with Gasteiger partial charge in [-0.25, -0.2) is 17.7 Å². The van der Waals surface area contributed by atoms with Crippen molar-refractivity contribution >= 4 is 15.8 Å². The Hall–Kier alpha value is -1.18. The fourth-order valence-corrected chi connectivity index (χ4v) is 3.09. The molecule has 1 aromatic rings. The summed E-state index contributed by atoms with van der Waals surface area (Å²) in [6.07, 6.45) is 1.43. The van der Waals surface area contributed by atoms with Crippen molar-refractivity contribution in [2.24, 2.45) is 0 Å². The van der Waals surface area contributed by atoms with Crippen LogP contribution in [0.2, 0.25) is 0 Å². The van der Waals surface area contributed by atoms with Crippen molar-refractivity contribution in [1.82, 2.24) is 14.6 Å². The van der Waals surface area contributed by atoms with Crippen LogP contribution in [-0.2, 0) is 10.0 Å². The Morgan fingerprint density at radius 2 is 2.05 bits per heavy atom. The molecule has 0 bridgehead atoms. The molecule has 7 heteroatoms. The van der Waals surface area contributed by atoms with Gasteiger partial charge in [-0.05, 0) is 26.0 Å². The third-order valence-electron chi connectivity index (χ3n) is 3.56. The zero-order chi connectivity index (χ0) is 14.9. The Morgan fingerprint density at radius 1 is 1.35 bits per heavy atom. The number of aromatic nitrogens is 1. The summed E-state index contributed by atoms with van der Waals surface area (Å²) in [5.74, 6) is 0.823. The van der Waals surface area contributed by atoms with Gasteiger partial charge in [-0.1, -0.05) is 0 Å². The number of anilines is 1. The molecule has 0 aromatic carbocycles. The minimum Gasteiger partial charge on any atom is -0.351 e. The Morgan fingerprint density at radius 3 is 2.60 bits per heavy atom. The second kappa shape index (κ2) is 5.67. The summed E-state index contributed by atoms with van der Waals surface area (Å²) in [5, 5.41) is 3.41. The van der Waals surface area contributed by atoms with Crippen molar-refractivity contribution in [3.8, 4) is 0 Å². The number of pyridine rings is 1. The number of nitrogens with one attached hydrogen (secondary N) is 1. The van der Waals surface area contributed by atoms with Gasteiger partial charge < -0.3 is 10.2 Å². The van der Waals surface area contributed by atoms with Gasteiger partial charge in [0, 0.05) is 45.5 Å². The van der Waals surface area contributed by atoms with Gasteiger partial charge in [-0.15, -0.1) is 0 Å². The first kappa shape index (κ1) is 15.2. The quantitative estimate of drug-likeness (QED) is 0.881. The van der Waals surface area contributed by atoms with Gasteiger partial charge in [-0.2, -0.15) is 0 Å². The minimum atomic E-state index is -3.41. The number of sulfonamides is 1. The zero-order valence-corrected chi connectivity index (χ0v) is 13.2. The number of hydrogen-bond acceptors (Lipinski definition) is 5. The van der Waals surface area contributed by atoms with E-state index in [0.29, 0.717) is 12.1 Å². The average Bonchev–Trinajstić information content (AvgIpc) is 2.41. The van der Waals surface area contributed by atoms with Crippen LogP contribution in [0.25, 0.3) is 0 Å². The minimum absolute atomic E-state index is 0.224.